The molecule has 1 aromatic rings. The smallest absolute Gasteiger partial charge is 0.222 e. The van der Waals surface area contributed by atoms with E-state index in [1.807, 2.05) is 30.0 Å². The van der Waals surface area contributed by atoms with Crippen LogP contribution in [-0.4, -0.2) is 53.0 Å². The van der Waals surface area contributed by atoms with Gasteiger partial charge in [0.15, 0.2) is 0 Å². The molecule has 1 heterocycles. The van der Waals surface area contributed by atoms with Crippen molar-refractivity contribution in [3.05, 3.63) is 35.4 Å². The van der Waals surface area contributed by atoms with Crippen LogP contribution in [0.2, 0.25) is 0 Å². The number of amides is 1. The molecule has 1 aliphatic carbocycles. The van der Waals surface area contributed by atoms with Gasteiger partial charge in [-0.25, -0.2) is 0 Å². The highest BCUT2D eigenvalue weighted by atomic mass is 16.3. The Labute approximate surface area is 120 Å². The molecule has 1 N–H and O–H groups in total. The van der Waals surface area contributed by atoms with Crippen LogP contribution in [0, 0.1) is 0 Å². The molecule has 2 aliphatic rings. The second-order valence-corrected chi connectivity index (χ2v) is 5.69. The van der Waals surface area contributed by atoms with Crippen molar-refractivity contribution in [2.45, 2.75) is 31.9 Å². The minimum absolute atomic E-state index is 0.172. The fourth-order valence-electron chi connectivity index (χ4n) is 3.41. The molecule has 0 aromatic heterocycles. The summed E-state index contributed by atoms with van der Waals surface area (Å²) in [6, 6.07) is 8.33. The standard InChI is InChI=1S/C16H22N2O2/c1-2-15(19)18-9-7-17(8-10-18)14-11-12-5-3-4-6-13(12)16(14)20/h3-6,14,16,20H,2,7-11H2,1H3. The fraction of sp³-hybridized carbons (Fsp3) is 0.562. The summed E-state index contributed by atoms with van der Waals surface area (Å²) in [5, 5.41) is 10.5. The average Bonchev–Trinajstić information content (AvgIpc) is 2.84. The number of nitrogens with zero attached hydrogens (tertiary/aromatic N) is 2. The number of hydrogen-bond donors (Lipinski definition) is 1. The molecule has 1 fully saturated rings. The normalized spacial score (nSPS) is 26.6. The molecule has 0 bridgehead atoms. The number of aliphatic hydroxyl groups excluding tert-OH is 1. The molecular weight excluding hydrogens is 252 g/mol. The lowest BCUT2D eigenvalue weighted by molar-refractivity contribution is -0.133. The number of hydrogen-bond acceptors (Lipinski definition) is 3. The number of piperazine rings is 1. The first-order valence-corrected chi connectivity index (χ1v) is 7.48. The number of carbonyl (C=O) groups is 1. The van der Waals surface area contributed by atoms with Crippen LogP contribution in [0.4, 0.5) is 0 Å². The molecule has 20 heavy (non-hydrogen) atoms. The molecule has 4 heteroatoms. The molecular formula is C16H22N2O2. The summed E-state index contributed by atoms with van der Waals surface area (Å²) in [6.07, 6.45) is 1.11. The van der Waals surface area contributed by atoms with E-state index in [0.717, 1.165) is 38.2 Å². The van der Waals surface area contributed by atoms with Gasteiger partial charge in [0.05, 0.1) is 6.10 Å². The van der Waals surface area contributed by atoms with Crippen molar-refractivity contribution in [2.24, 2.45) is 0 Å². The second-order valence-electron chi connectivity index (χ2n) is 5.69. The summed E-state index contributed by atoms with van der Waals surface area (Å²) < 4.78 is 0. The maximum atomic E-state index is 11.7. The molecule has 2 unspecified atom stereocenters. The molecule has 1 saturated heterocycles. The lowest BCUT2D eigenvalue weighted by Crippen LogP contribution is -2.52. The molecule has 0 spiro atoms. The van der Waals surface area contributed by atoms with Crippen LogP contribution in [0.1, 0.15) is 30.6 Å². The van der Waals surface area contributed by atoms with E-state index in [4.69, 9.17) is 0 Å². The maximum absolute atomic E-state index is 11.7. The second kappa shape index (κ2) is 5.54. The van der Waals surface area contributed by atoms with E-state index in [9.17, 15) is 9.90 Å². The summed E-state index contributed by atoms with van der Waals surface area (Å²) in [4.78, 5) is 16.0. The summed E-state index contributed by atoms with van der Waals surface area (Å²) in [5.74, 6) is 0.236. The van der Waals surface area contributed by atoms with Crippen LogP contribution in [0.5, 0.6) is 0 Å². The number of carbonyl (C=O) groups excluding carboxylic acids is 1. The van der Waals surface area contributed by atoms with Gasteiger partial charge in [0.1, 0.15) is 0 Å². The summed E-state index contributed by atoms with van der Waals surface area (Å²) in [6.45, 7) is 5.20. The fourth-order valence-corrected chi connectivity index (χ4v) is 3.41. The Kier molecular flexibility index (Phi) is 3.76. The van der Waals surface area contributed by atoms with Gasteiger partial charge in [-0.1, -0.05) is 31.2 Å². The van der Waals surface area contributed by atoms with Crippen LogP contribution in [0.15, 0.2) is 24.3 Å². The zero-order chi connectivity index (χ0) is 14.1. The van der Waals surface area contributed by atoms with Crippen LogP contribution in [-0.2, 0) is 11.2 Å². The van der Waals surface area contributed by atoms with Gasteiger partial charge in [0.25, 0.3) is 0 Å². The van der Waals surface area contributed by atoms with Gasteiger partial charge in [0.2, 0.25) is 5.91 Å². The van der Waals surface area contributed by atoms with E-state index >= 15 is 0 Å². The number of fused-ring (bicyclic) bond motifs is 1. The largest absolute Gasteiger partial charge is 0.387 e. The zero-order valence-electron chi connectivity index (χ0n) is 12.0. The first-order chi connectivity index (χ1) is 9.70. The highest BCUT2D eigenvalue weighted by molar-refractivity contribution is 5.75. The highest BCUT2D eigenvalue weighted by Gasteiger charge is 2.36. The van der Waals surface area contributed by atoms with Gasteiger partial charge in [0, 0.05) is 38.6 Å². The number of benzene rings is 1. The summed E-state index contributed by atoms with van der Waals surface area (Å²) in [7, 11) is 0. The van der Waals surface area contributed by atoms with Crippen LogP contribution in [0.3, 0.4) is 0 Å². The third-order valence-corrected chi connectivity index (χ3v) is 4.61. The summed E-state index contributed by atoms with van der Waals surface area (Å²) >= 11 is 0. The Bertz CT molecular complexity index is 495. The van der Waals surface area contributed by atoms with Crippen molar-refractivity contribution in [3.63, 3.8) is 0 Å². The highest BCUT2D eigenvalue weighted by Crippen LogP contribution is 2.34. The van der Waals surface area contributed by atoms with Gasteiger partial charge in [-0.05, 0) is 17.5 Å². The Hall–Kier alpha value is -1.39. The molecule has 1 aliphatic heterocycles. The summed E-state index contributed by atoms with van der Waals surface area (Å²) in [5.41, 5.74) is 2.33. The average molecular weight is 274 g/mol. The molecule has 2 atom stereocenters. The van der Waals surface area contributed by atoms with E-state index in [1.54, 1.807) is 0 Å². The van der Waals surface area contributed by atoms with Gasteiger partial charge in [-0.3, -0.25) is 9.69 Å². The van der Waals surface area contributed by atoms with E-state index in [1.165, 1.54) is 5.56 Å². The van der Waals surface area contributed by atoms with Crippen molar-refractivity contribution in [1.29, 1.82) is 0 Å². The first-order valence-electron chi connectivity index (χ1n) is 7.48. The van der Waals surface area contributed by atoms with Gasteiger partial charge < -0.3 is 10.0 Å². The minimum Gasteiger partial charge on any atom is -0.387 e. The van der Waals surface area contributed by atoms with E-state index in [2.05, 4.69) is 11.0 Å². The third-order valence-electron chi connectivity index (χ3n) is 4.61. The van der Waals surface area contributed by atoms with E-state index < -0.39 is 0 Å². The maximum Gasteiger partial charge on any atom is 0.222 e. The Balaban J connectivity index is 1.64. The Morgan fingerprint density at radius 2 is 1.95 bits per heavy atom. The Morgan fingerprint density at radius 1 is 1.25 bits per heavy atom. The van der Waals surface area contributed by atoms with Crippen molar-refractivity contribution >= 4 is 5.91 Å². The van der Waals surface area contributed by atoms with Crippen molar-refractivity contribution < 1.29 is 9.90 Å². The molecule has 0 radical (unpaired) electrons. The van der Waals surface area contributed by atoms with E-state index in [-0.39, 0.29) is 18.1 Å². The third kappa shape index (κ3) is 2.34. The zero-order valence-corrected chi connectivity index (χ0v) is 12.0. The molecule has 0 saturated carbocycles. The quantitative estimate of drug-likeness (QED) is 0.881. The SMILES string of the molecule is CCC(=O)N1CCN(C2Cc3ccccc3C2O)CC1. The molecule has 3 rings (SSSR count). The van der Waals surface area contributed by atoms with Gasteiger partial charge in [-0.2, -0.15) is 0 Å². The van der Waals surface area contributed by atoms with Crippen molar-refractivity contribution in [3.8, 4) is 0 Å². The van der Waals surface area contributed by atoms with Crippen LogP contribution in [0.25, 0.3) is 0 Å². The van der Waals surface area contributed by atoms with E-state index in [0.29, 0.717) is 6.42 Å². The predicted octanol–water partition coefficient (Wildman–Crippen LogP) is 1.20. The number of rotatable bonds is 2. The lowest BCUT2D eigenvalue weighted by Gasteiger charge is -2.39. The molecule has 1 amide bonds. The first kappa shape index (κ1) is 13.6. The number of aliphatic hydroxyl groups is 1. The lowest BCUT2D eigenvalue weighted by atomic mass is 10.1. The van der Waals surface area contributed by atoms with Gasteiger partial charge >= 0.3 is 0 Å². The molecule has 4 nitrogen and oxygen atoms in total. The van der Waals surface area contributed by atoms with Crippen molar-refractivity contribution in [2.75, 3.05) is 26.2 Å². The Morgan fingerprint density at radius 3 is 2.60 bits per heavy atom. The van der Waals surface area contributed by atoms with Crippen molar-refractivity contribution in [1.82, 2.24) is 9.80 Å². The predicted molar refractivity (Wildman–Crippen MR) is 77.3 cm³/mol. The molecule has 1 aromatic carbocycles. The topological polar surface area (TPSA) is 43.8 Å². The van der Waals surface area contributed by atoms with Crippen LogP contribution < -0.4 is 0 Å². The van der Waals surface area contributed by atoms with Gasteiger partial charge in [-0.15, -0.1) is 0 Å². The minimum atomic E-state index is -0.389. The van der Waals surface area contributed by atoms with Crippen LogP contribution >= 0.6 is 0 Å². The molecule has 108 valence electrons. The monoisotopic (exact) mass is 274 g/mol.